The minimum Gasteiger partial charge on any atom is -0.466 e. The second-order valence-electron chi connectivity index (χ2n) is 22.4. The normalized spacial score (nSPS) is 12.8. The monoisotopic (exact) mass is 1030 g/mol. The van der Waals surface area contributed by atoms with Crippen molar-refractivity contribution in [2.75, 3.05) is 13.2 Å². The molecule has 0 aliphatic rings. The van der Waals surface area contributed by atoms with Gasteiger partial charge in [0.25, 0.3) is 0 Å². The summed E-state index contributed by atoms with van der Waals surface area (Å²) in [6, 6.07) is -0.629. The van der Waals surface area contributed by atoms with Crippen LogP contribution in [0.5, 0.6) is 0 Å². The highest BCUT2D eigenvalue weighted by atomic mass is 16.5. The van der Waals surface area contributed by atoms with Crippen molar-refractivity contribution in [3.63, 3.8) is 0 Å². The van der Waals surface area contributed by atoms with Crippen LogP contribution < -0.4 is 5.32 Å². The Morgan fingerprint density at radius 3 is 0.973 bits per heavy atom. The molecule has 0 bridgehead atoms. The van der Waals surface area contributed by atoms with Crippen LogP contribution in [0, 0.1) is 0 Å². The van der Waals surface area contributed by atoms with Crippen molar-refractivity contribution in [1.82, 2.24) is 5.32 Å². The van der Waals surface area contributed by atoms with Gasteiger partial charge in [0, 0.05) is 12.8 Å². The van der Waals surface area contributed by atoms with E-state index in [2.05, 4.69) is 43.5 Å². The quantitative estimate of drug-likeness (QED) is 0.0320. The van der Waals surface area contributed by atoms with Crippen LogP contribution in [0.15, 0.2) is 36.5 Å². The third-order valence-electron chi connectivity index (χ3n) is 15.1. The fourth-order valence-electron chi connectivity index (χ4n) is 10.1. The van der Waals surface area contributed by atoms with Crippen molar-refractivity contribution in [3.8, 4) is 0 Å². The molecule has 3 N–H and O–H groups in total. The van der Waals surface area contributed by atoms with Crippen LogP contribution in [-0.2, 0) is 14.3 Å². The van der Waals surface area contributed by atoms with Gasteiger partial charge >= 0.3 is 5.97 Å². The summed E-state index contributed by atoms with van der Waals surface area (Å²) in [5.74, 6) is -0.0623. The average Bonchev–Trinajstić information content (AvgIpc) is 3.39. The van der Waals surface area contributed by atoms with E-state index in [9.17, 15) is 19.8 Å². The number of ether oxygens (including phenoxy) is 1. The van der Waals surface area contributed by atoms with Crippen molar-refractivity contribution in [1.29, 1.82) is 0 Å². The largest absolute Gasteiger partial charge is 0.466 e. The van der Waals surface area contributed by atoms with Gasteiger partial charge in [-0.3, -0.25) is 9.59 Å². The highest BCUT2D eigenvalue weighted by Gasteiger charge is 2.18. The Bertz CT molecular complexity index is 1180. The third kappa shape index (κ3) is 59.2. The first kappa shape index (κ1) is 71.1. The molecule has 0 aromatic heterocycles. The van der Waals surface area contributed by atoms with E-state index in [1.807, 2.05) is 6.08 Å². The molecule has 0 radical (unpaired) electrons. The van der Waals surface area contributed by atoms with Crippen molar-refractivity contribution in [2.24, 2.45) is 0 Å². The van der Waals surface area contributed by atoms with Gasteiger partial charge < -0.3 is 20.3 Å². The lowest BCUT2D eigenvalue weighted by Crippen LogP contribution is -2.45. The number of hydrogen-bond acceptors (Lipinski definition) is 5. The molecule has 0 spiro atoms. The number of carbonyl (C=O) groups is 2. The zero-order valence-electron chi connectivity index (χ0n) is 49.1. The third-order valence-corrected chi connectivity index (χ3v) is 15.1. The summed E-state index contributed by atoms with van der Waals surface area (Å²) >= 11 is 0. The van der Waals surface area contributed by atoms with Gasteiger partial charge in [-0.25, -0.2) is 0 Å². The van der Waals surface area contributed by atoms with Gasteiger partial charge in [0.1, 0.15) is 0 Å². The summed E-state index contributed by atoms with van der Waals surface area (Å²) in [6.07, 6.45) is 79.1. The highest BCUT2D eigenvalue weighted by molar-refractivity contribution is 5.76. The van der Waals surface area contributed by atoms with Crippen LogP contribution in [0.3, 0.4) is 0 Å². The Hall–Kier alpha value is -1.92. The van der Waals surface area contributed by atoms with Gasteiger partial charge in [0.2, 0.25) is 5.91 Å². The van der Waals surface area contributed by atoms with E-state index in [1.165, 1.54) is 283 Å². The standard InChI is InChI=1S/C67H127NO5/c1-3-5-7-9-11-13-15-17-31-35-39-43-47-51-55-59-65(70)64(63-69)68-66(71)60-56-52-48-44-40-36-33-29-27-25-23-21-19-20-22-24-26-28-30-34-38-42-46-50-54-58-62-73-67(72)61-57-53-49-45-41-37-32-18-16-14-12-10-8-6-4-2/h18-19,21,32,55,59,64-65,69-70H,3-17,20,22-31,33-54,56-58,60-63H2,1-2H3,(H,68,71)/b21-19-,32-18-,59-55+. The van der Waals surface area contributed by atoms with Crippen LogP contribution in [0.1, 0.15) is 354 Å². The van der Waals surface area contributed by atoms with Gasteiger partial charge in [0.15, 0.2) is 0 Å². The minimum atomic E-state index is -0.846. The maximum absolute atomic E-state index is 12.5. The fraction of sp³-hybridized carbons (Fsp3) is 0.881. The molecule has 0 saturated carbocycles. The number of unbranched alkanes of at least 4 members (excludes halogenated alkanes) is 46. The van der Waals surface area contributed by atoms with E-state index in [4.69, 9.17) is 4.74 Å². The summed E-state index contributed by atoms with van der Waals surface area (Å²) in [5, 5.41) is 23.1. The summed E-state index contributed by atoms with van der Waals surface area (Å²) in [5.41, 5.74) is 0. The van der Waals surface area contributed by atoms with E-state index in [-0.39, 0.29) is 18.5 Å². The maximum atomic E-state index is 12.5. The fourth-order valence-corrected chi connectivity index (χ4v) is 10.1. The zero-order valence-corrected chi connectivity index (χ0v) is 49.1. The number of amides is 1. The highest BCUT2D eigenvalue weighted by Crippen LogP contribution is 2.17. The van der Waals surface area contributed by atoms with Crippen LogP contribution in [0.2, 0.25) is 0 Å². The number of rotatable bonds is 61. The van der Waals surface area contributed by atoms with E-state index in [1.54, 1.807) is 6.08 Å². The minimum absolute atomic E-state index is 0.00610. The molecule has 2 atom stereocenters. The molecule has 0 aromatic carbocycles. The van der Waals surface area contributed by atoms with Crippen LogP contribution in [0.4, 0.5) is 0 Å². The molecule has 0 rings (SSSR count). The van der Waals surface area contributed by atoms with Crippen LogP contribution in [-0.4, -0.2) is 47.4 Å². The Kier molecular flexibility index (Phi) is 61.0. The smallest absolute Gasteiger partial charge is 0.305 e. The number of aliphatic hydroxyl groups excluding tert-OH is 2. The zero-order chi connectivity index (χ0) is 52.9. The van der Waals surface area contributed by atoms with E-state index in [0.29, 0.717) is 19.4 Å². The summed E-state index contributed by atoms with van der Waals surface area (Å²) < 4.78 is 5.48. The summed E-state index contributed by atoms with van der Waals surface area (Å²) in [4.78, 5) is 24.5. The van der Waals surface area contributed by atoms with E-state index < -0.39 is 12.1 Å². The number of allylic oxidation sites excluding steroid dienone is 5. The summed E-state index contributed by atoms with van der Waals surface area (Å²) in [7, 11) is 0. The lowest BCUT2D eigenvalue weighted by atomic mass is 10.0. The molecule has 0 aliphatic heterocycles. The molecular weight excluding hydrogens is 899 g/mol. The predicted molar refractivity (Wildman–Crippen MR) is 319 cm³/mol. The molecule has 0 aliphatic carbocycles. The number of nitrogens with one attached hydrogen (secondary N) is 1. The molecule has 2 unspecified atom stereocenters. The van der Waals surface area contributed by atoms with Crippen LogP contribution in [0.25, 0.3) is 0 Å². The molecule has 1 amide bonds. The lowest BCUT2D eigenvalue weighted by molar-refractivity contribution is -0.143. The molecule has 430 valence electrons. The van der Waals surface area contributed by atoms with Gasteiger partial charge in [0.05, 0.1) is 25.4 Å². The molecule has 6 heteroatoms. The van der Waals surface area contributed by atoms with Crippen molar-refractivity contribution in [3.05, 3.63) is 36.5 Å². The number of hydrogen-bond donors (Lipinski definition) is 3. The lowest BCUT2D eigenvalue weighted by Gasteiger charge is -2.20. The van der Waals surface area contributed by atoms with E-state index in [0.717, 1.165) is 44.9 Å². The first-order valence-corrected chi connectivity index (χ1v) is 32.8. The number of aliphatic hydroxyl groups is 2. The van der Waals surface area contributed by atoms with Crippen molar-refractivity contribution < 1.29 is 24.5 Å². The maximum Gasteiger partial charge on any atom is 0.305 e. The van der Waals surface area contributed by atoms with Gasteiger partial charge in [-0.15, -0.1) is 0 Å². The molecule has 0 saturated heterocycles. The Morgan fingerprint density at radius 2 is 0.644 bits per heavy atom. The molecule has 73 heavy (non-hydrogen) atoms. The summed E-state index contributed by atoms with van der Waals surface area (Å²) in [6.45, 7) is 4.91. The van der Waals surface area contributed by atoms with Gasteiger partial charge in [-0.1, -0.05) is 294 Å². The Labute approximate surface area is 455 Å². The molecule has 6 nitrogen and oxygen atoms in total. The topological polar surface area (TPSA) is 95.9 Å². The predicted octanol–water partition coefficient (Wildman–Crippen LogP) is 20.8. The molecular formula is C67H127NO5. The van der Waals surface area contributed by atoms with E-state index >= 15 is 0 Å². The first-order valence-electron chi connectivity index (χ1n) is 32.8. The Balaban J connectivity index is 3.41. The van der Waals surface area contributed by atoms with Crippen molar-refractivity contribution >= 4 is 11.9 Å². The average molecular weight is 1030 g/mol. The van der Waals surface area contributed by atoms with Gasteiger partial charge in [-0.05, 0) is 83.5 Å². The molecule has 0 heterocycles. The Morgan fingerprint density at radius 1 is 0.370 bits per heavy atom. The SMILES string of the molecule is CCCCCCCC/C=C\CCCCCCCC(=O)OCCCCCCCCCCCCCC/C=C\CCCCCCCCCCCCC(=O)NC(CO)C(O)/C=C/CCCCCCCCCCCCCCC. The van der Waals surface area contributed by atoms with Crippen molar-refractivity contribution in [2.45, 2.75) is 366 Å². The molecule has 0 aromatic rings. The number of esters is 1. The number of carbonyl (C=O) groups excluding carboxylic acids is 2. The molecule has 0 fully saturated rings. The second-order valence-corrected chi connectivity index (χ2v) is 22.4. The van der Waals surface area contributed by atoms with Gasteiger partial charge in [-0.2, -0.15) is 0 Å². The van der Waals surface area contributed by atoms with Crippen LogP contribution >= 0.6 is 0 Å². The first-order chi connectivity index (χ1) is 36.0. The second kappa shape index (κ2) is 62.6.